The van der Waals surface area contributed by atoms with Gasteiger partial charge in [-0.3, -0.25) is 0 Å². The van der Waals surface area contributed by atoms with Crippen LogP contribution in [0.5, 0.6) is 5.75 Å². The van der Waals surface area contributed by atoms with Crippen molar-refractivity contribution in [3.8, 4) is 11.8 Å². The predicted octanol–water partition coefficient (Wildman–Crippen LogP) is 3.13. The fraction of sp³-hybridized carbons (Fsp3) is 0.300. The molecule has 68 valence electrons. The molecule has 1 aromatic rings. The molecule has 1 unspecified atom stereocenters. The molecule has 0 amide bonds. The molecule has 1 aromatic carbocycles. The molecule has 13 heavy (non-hydrogen) atoms. The summed E-state index contributed by atoms with van der Waals surface area (Å²) in [4.78, 5) is 0. The van der Waals surface area contributed by atoms with E-state index in [1.54, 1.807) is 0 Å². The highest BCUT2D eigenvalue weighted by Gasteiger charge is 2.04. The summed E-state index contributed by atoms with van der Waals surface area (Å²) in [7, 11) is 0. The van der Waals surface area contributed by atoms with Gasteiger partial charge in [-0.05, 0) is 30.7 Å². The molecule has 0 aliphatic rings. The molecule has 0 aliphatic heterocycles. The molecule has 0 saturated heterocycles. The minimum atomic E-state index is -0.346. The van der Waals surface area contributed by atoms with Crippen molar-refractivity contribution in [2.24, 2.45) is 0 Å². The first-order valence-electron chi connectivity index (χ1n) is 4.08. The fourth-order valence-electron chi connectivity index (χ4n) is 0.878. The number of nitrogens with zero attached hydrogens (tertiary/aromatic N) is 1. The lowest BCUT2D eigenvalue weighted by Gasteiger charge is -2.09. The molecule has 0 aromatic heterocycles. The minimum absolute atomic E-state index is 0.346. The van der Waals surface area contributed by atoms with Gasteiger partial charge in [-0.2, -0.15) is 5.26 Å². The number of benzene rings is 1. The van der Waals surface area contributed by atoms with Crippen LogP contribution >= 0.6 is 15.9 Å². The molecule has 3 heteroatoms. The van der Waals surface area contributed by atoms with Crippen LogP contribution in [0.25, 0.3) is 0 Å². The molecular weight excluding hydrogens is 230 g/mol. The summed E-state index contributed by atoms with van der Waals surface area (Å²) in [5, 5.41) is 8.66. The van der Waals surface area contributed by atoms with E-state index >= 15 is 0 Å². The first-order chi connectivity index (χ1) is 6.26. The molecule has 0 aliphatic carbocycles. The molecule has 0 spiro atoms. The molecule has 0 fully saturated rings. The Balaban J connectivity index is 2.64. The van der Waals surface area contributed by atoms with Crippen molar-refractivity contribution in [1.29, 1.82) is 5.26 Å². The first-order valence-corrected chi connectivity index (χ1v) is 4.87. The maximum Gasteiger partial charge on any atom is 0.184 e. The van der Waals surface area contributed by atoms with Gasteiger partial charge >= 0.3 is 0 Å². The zero-order valence-electron chi connectivity index (χ0n) is 7.33. The van der Waals surface area contributed by atoms with Gasteiger partial charge in [-0.1, -0.05) is 22.9 Å². The lowest BCUT2D eigenvalue weighted by Crippen LogP contribution is -2.11. The summed E-state index contributed by atoms with van der Waals surface area (Å²) in [5.41, 5.74) is 0. The maximum absolute atomic E-state index is 8.66. The van der Waals surface area contributed by atoms with Crippen LogP contribution in [0.3, 0.4) is 0 Å². The fourth-order valence-corrected chi connectivity index (χ4v) is 1.14. The van der Waals surface area contributed by atoms with Gasteiger partial charge in [0.2, 0.25) is 0 Å². The van der Waals surface area contributed by atoms with Crippen molar-refractivity contribution >= 4 is 15.9 Å². The second-order valence-corrected chi connectivity index (χ2v) is 3.51. The molecule has 0 heterocycles. The lowest BCUT2D eigenvalue weighted by atomic mass is 10.3. The number of halogens is 1. The maximum atomic E-state index is 8.66. The second-order valence-electron chi connectivity index (χ2n) is 2.60. The Bertz CT molecular complexity index is 302. The van der Waals surface area contributed by atoms with E-state index in [-0.39, 0.29) is 6.10 Å². The Morgan fingerprint density at radius 2 is 2.08 bits per heavy atom. The van der Waals surface area contributed by atoms with Crippen LogP contribution in [0.15, 0.2) is 28.7 Å². The molecule has 1 rings (SSSR count). The van der Waals surface area contributed by atoms with Crippen LogP contribution in [0.2, 0.25) is 0 Å². The van der Waals surface area contributed by atoms with E-state index < -0.39 is 0 Å². The van der Waals surface area contributed by atoms with Gasteiger partial charge in [0.25, 0.3) is 0 Å². The minimum Gasteiger partial charge on any atom is -0.476 e. The number of nitriles is 1. The zero-order valence-corrected chi connectivity index (χ0v) is 8.91. The number of hydrogen-bond donors (Lipinski definition) is 0. The largest absolute Gasteiger partial charge is 0.476 e. The SMILES string of the molecule is CCC(C#N)Oc1ccc(Br)cc1. The quantitative estimate of drug-likeness (QED) is 0.813. The second kappa shape index (κ2) is 4.88. The van der Waals surface area contributed by atoms with Gasteiger partial charge in [0.05, 0.1) is 0 Å². The van der Waals surface area contributed by atoms with E-state index in [0.29, 0.717) is 6.42 Å². The molecular formula is C10H10BrNO. The van der Waals surface area contributed by atoms with Gasteiger partial charge in [-0.15, -0.1) is 0 Å². The highest BCUT2D eigenvalue weighted by atomic mass is 79.9. The topological polar surface area (TPSA) is 33.0 Å². The summed E-state index contributed by atoms with van der Waals surface area (Å²) in [6.07, 6.45) is 0.355. The highest BCUT2D eigenvalue weighted by molar-refractivity contribution is 9.10. The average Bonchev–Trinajstić information content (AvgIpc) is 2.17. The van der Waals surface area contributed by atoms with E-state index in [1.807, 2.05) is 31.2 Å². The van der Waals surface area contributed by atoms with E-state index in [1.165, 1.54) is 0 Å². The summed E-state index contributed by atoms with van der Waals surface area (Å²) in [5.74, 6) is 0.733. The number of hydrogen-bond acceptors (Lipinski definition) is 2. The third-order valence-corrected chi connectivity index (χ3v) is 2.14. The lowest BCUT2D eigenvalue weighted by molar-refractivity contribution is 0.252. The van der Waals surface area contributed by atoms with E-state index in [9.17, 15) is 0 Å². The van der Waals surface area contributed by atoms with Gasteiger partial charge in [0.15, 0.2) is 6.10 Å². The Kier molecular flexibility index (Phi) is 3.78. The molecule has 0 saturated carbocycles. The van der Waals surface area contributed by atoms with Gasteiger partial charge < -0.3 is 4.74 Å². The molecule has 0 bridgehead atoms. The monoisotopic (exact) mass is 239 g/mol. The van der Waals surface area contributed by atoms with Crippen molar-refractivity contribution in [3.63, 3.8) is 0 Å². The third kappa shape index (κ3) is 3.08. The molecule has 0 N–H and O–H groups in total. The predicted molar refractivity (Wildman–Crippen MR) is 54.5 cm³/mol. The third-order valence-electron chi connectivity index (χ3n) is 1.61. The van der Waals surface area contributed by atoms with Crippen molar-refractivity contribution in [1.82, 2.24) is 0 Å². The Morgan fingerprint density at radius 1 is 1.46 bits per heavy atom. The Morgan fingerprint density at radius 3 is 2.54 bits per heavy atom. The van der Waals surface area contributed by atoms with Crippen molar-refractivity contribution in [2.45, 2.75) is 19.4 Å². The average molecular weight is 240 g/mol. The normalized spacial score (nSPS) is 11.8. The molecule has 0 radical (unpaired) electrons. The summed E-state index contributed by atoms with van der Waals surface area (Å²) < 4.78 is 6.39. The van der Waals surface area contributed by atoms with Gasteiger partial charge in [0, 0.05) is 4.47 Å². The standard InChI is InChI=1S/C10H10BrNO/c1-2-9(7-12)13-10-5-3-8(11)4-6-10/h3-6,9H,2H2,1H3. The van der Waals surface area contributed by atoms with Crippen LogP contribution in [-0.4, -0.2) is 6.10 Å². The Labute approximate surface area is 86.3 Å². The van der Waals surface area contributed by atoms with Crippen molar-refractivity contribution in [3.05, 3.63) is 28.7 Å². The molecule has 2 nitrogen and oxygen atoms in total. The van der Waals surface area contributed by atoms with Gasteiger partial charge in [-0.25, -0.2) is 0 Å². The number of ether oxygens (including phenoxy) is 1. The van der Waals surface area contributed by atoms with Crippen LogP contribution in [-0.2, 0) is 0 Å². The summed E-state index contributed by atoms with van der Waals surface area (Å²) in [6, 6.07) is 9.53. The Hall–Kier alpha value is -1.01. The highest BCUT2D eigenvalue weighted by Crippen LogP contribution is 2.17. The number of rotatable bonds is 3. The van der Waals surface area contributed by atoms with E-state index in [4.69, 9.17) is 10.00 Å². The first kappa shape index (κ1) is 10.1. The van der Waals surface area contributed by atoms with Crippen molar-refractivity contribution < 1.29 is 4.74 Å². The smallest absolute Gasteiger partial charge is 0.184 e. The van der Waals surface area contributed by atoms with Crippen LogP contribution in [0, 0.1) is 11.3 Å². The summed E-state index contributed by atoms with van der Waals surface area (Å²) in [6.45, 7) is 1.92. The van der Waals surface area contributed by atoms with Crippen LogP contribution < -0.4 is 4.74 Å². The van der Waals surface area contributed by atoms with E-state index in [2.05, 4.69) is 22.0 Å². The molecule has 1 atom stereocenters. The van der Waals surface area contributed by atoms with E-state index in [0.717, 1.165) is 10.2 Å². The van der Waals surface area contributed by atoms with Gasteiger partial charge in [0.1, 0.15) is 11.8 Å². The summed E-state index contributed by atoms with van der Waals surface area (Å²) >= 11 is 3.33. The van der Waals surface area contributed by atoms with Crippen LogP contribution in [0.4, 0.5) is 0 Å². The zero-order chi connectivity index (χ0) is 9.68. The van der Waals surface area contributed by atoms with Crippen molar-refractivity contribution in [2.75, 3.05) is 0 Å². The van der Waals surface area contributed by atoms with Crippen LogP contribution in [0.1, 0.15) is 13.3 Å².